The maximum absolute atomic E-state index is 12.3. The van der Waals surface area contributed by atoms with Crippen LogP contribution in [0.3, 0.4) is 0 Å². The second-order valence-corrected chi connectivity index (χ2v) is 7.59. The lowest BCUT2D eigenvalue weighted by Crippen LogP contribution is -2.52. The normalized spacial score (nSPS) is 19.8. The van der Waals surface area contributed by atoms with Crippen LogP contribution in [0.4, 0.5) is 5.69 Å². The van der Waals surface area contributed by atoms with Crippen LogP contribution >= 0.6 is 0 Å². The molecular formula is C22H27N3O. The van der Waals surface area contributed by atoms with E-state index >= 15 is 0 Å². The van der Waals surface area contributed by atoms with Gasteiger partial charge in [-0.05, 0) is 36.5 Å². The van der Waals surface area contributed by atoms with Crippen LogP contribution in [0.15, 0.2) is 54.6 Å². The summed E-state index contributed by atoms with van der Waals surface area (Å²) < 4.78 is 0. The monoisotopic (exact) mass is 349 g/mol. The summed E-state index contributed by atoms with van der Waals surface area (Å²) in [5.41, 5.74) is 3.62. The number of benzene rings is 2. The van der Waals surface area contributed by atoms with Crippen molar-refractivity contribution in [1.82, 2.24) is 10.2 Å². The van der Waals surface area contributed by atoms with Gasteiger partial charge in [-0.2, -0.15) is 0 Å². The maximum atomic E-state index is 12.3. The number of anilines is 1. The quantitative estimate of drug-likeness (QED) is 0.894. The van der Waals surface area contributed by atoms with Gasteiger partial charge in [-0.1, -0.05) is 48.5 Å². The third kappa shape index (κ3) is 3.91. The van der Waals surface area contributed by atoms with Gasteiger partial charge in [0.1, 0.15) is 0 Å². The van der Waals surface area contributed by atoms with Crippen LogP contribution in [0.25, 0.3) is 0 Å². The Morgan fingerprint density at radius 1 is 0.962 bits per heavy atom. The van der Waals surface area contributed by atoms with Crippen LogP contribution < -0.4 is 10.6 Å². The number of amides is 1. The Kier molecular flexibility index (Phi) is 4.93. The fourth-order valence-electron chi connectivity index (χ4n) is 4.13. The highest BCUT2D eigenvalue weighted by Gasteiger charge is 2.37. The number of hydrogen-bond acceptors (Lipinski definition) is 3. The molecule has 0 aromatic heterocycles. The average Bonchev–Trinajstić information content (AvgIpc) is 2.67. The number of likely N-dealkylation sites (tertiary alicyclic amines) is 1. The Balaban J connectivity index is 1.41. The van der Waals surface area contributed by atoms with Crippen molar-refractivity contribution in [3.63, 3.8) is 0 Å². The van der Waals surface area contributed by atoms with Gasteiger partial charge in [0.25, 0.3) is 0 Å². The highest BCUT2D eigenvalue weighted by Crippen LogP contribution is 2.33. The molecule has 0 atom stereocenters. The predicted molar refractivity (Wildman–Crippen MR) is 105 cm³/mol. The molecule has 2 aliphatic rings. The minimum absolute atomic E-state index is 0.121. The average molecular weight is 349 g/mol. The Bertz CT molecular complexity index is 751. The number of fused-ring (bicyclic) bond motifs is 1. The summed E-state index contributed by atoms with van der Waals surface area (Å²) in [4.78, 5) is 14.9. The van der Waals surface area contributed by atoms with Crippen molar-refractivity contribution in [1.29, 1.82) is 0 Å². The summed E-state index contributed by atoms with van der Waals surface area (Å²) in [5.74, 6) is 0.157. The van der Waals surface area contributed by atoms with E-state index < -0.39 is 0 Å². The van der Waals surface area contributed by atoms with E-state index in [1.165, 1.54) is 16.8 Å². The number of nitrogens with one attached hydrogen (secondary N) is 2. The molecule has 1 saturated heterocycles. The number of nitrogens with zero attached hydrogens (tertiary/aromatic N) is 1. The topological polar surface area (TPSA) is 44.4 Å². The van der Waals surface area contributed by atoms with E-state index in [2.05, 4.69) is 64.1 Å². The molecule has 0 saturated carbocycles. The first kappa shape index (κ1) is 17.1. The molecule has 26 heavy (non-hydrogen) atoms. The molecule has 0 aliphatic carbocycles. The summed E-state index contributed by atoms with van der Waals surface area (Å²) in [6.45, 7) is 3.77. The SMILES string of the molecule is O=C1CC2(CCN(CCc3ccccc3)CC2)Nc2ccccc2CN1. The molecule has 0 unspecified atom stereocenters. The van der Waals surface area contributed by atoms with Crippen molar-refractivity contribution in [2.24, 2.45) is 0 Å². The van der Waals surface area contributed by atoms with Crippen molar-refractivity contribution in [2.75, 3.05) is 25.0 Å². The molecule has 0 radical (unpaired) electrons. The predicted octanol–water partition coefficient (Wildman–Crippen LogP) is 3.20. The lowest BCUT2D eigenvalue weighted by Gasteiger charge is -2.44. The molecule has 2 aliphatic heterocycles. The minimum atomic E-state index is -0.121. The van der Waals surface area contributed by atoms with Crippen molar-refractivity contribution >= 4 is 11.6 Å². The van der Waals surface area contributed by atoms with Crippen molar-refractivity contribution in [3.8, 4) is 0 Å². The summed E-state index contributed by atoms with van der Waals surface area (Å²) in [6.07, 6.45) is 3.66. The second-order valence-electron chi connectivity index (χ2n) is 7.59. The van der Waals surface area contributed by atoms with Gasteiger partial charge in [0, 0.05) is 43.8 Å². The van der Waals surface area contributed by atoms with Crippen LogP contribution in [0.2, 0.25) is 0 Å². The van der Waals surface area contributed by atoms with Gasteiger partial charge >= 0.3 is 0 Å². The smallest absolute Gasteiger partial charge is 0.222 e. The molecule has 136 valence electrons. The van der Waals surface area contributed by atoms with Crippen LogP contribution in [0.1, 0.15) is 30.4 Å². The molecule has 4 heteroatoms. The molecule has 2 aromatic rings. The summed E-state index contributed by atoms with van der Waals surface area (Å²) in [5, 5.41) is 6.83. The van der Waals surface area contributed by atoms with Crippen molar-refractivity contribution in [2.45, 2.75) is 37.8 Å². The third-order valence-electron chi connectivity index (χ3n) is 5.76. The molecule has 4 nitrogen and oxygen atoms in total. The van der Waals surface area contributed by atoms with Gasteiger partial charge in [-0.15, -0.1) is 0 Å². The van der Waals surface area contributed by atoms with E-state index in [-0.39, 0.29) is 11.4 Å². The molecule has 0 bridgehead atoms. The number of carbonyl (C=O) groups is 1. The molecule has 1 amide bonds. The van der Waals surface area contributed by atoms with Gasteiger partial charge in [0.2, 0.25) is 5.91 Å². The summed E-state index contributed by atoms with van der Waals surface area (Å²) >= 11 is 0. The Labute approximate surface area is 155 Å². The maximum Gasteiger partial charge on any atom is 0.222 e. The van der Waals surface area contributed by atoms with E-state index in [0.29, 0.717) is 13.0 Å². The molecule has 2 heterocycles. The molecule has 2 aromatic carbocycles. The third-order valence-corrected chi connectivity index (χ3v) is 5.76. The number of piperidine rings is 1. The largest absolute Gasteiger partial charge is 0.379 e. The van der Waals surface area contributed by atoms with Crippen molar-refractivity contribution < 1.29 is 4.79 Å². The zero-order chi connectivity index (χ0) is 17.8. The highest BCUT2D eigenvalue weighted by atomic mass is 16.1. The molecule has 2 N–H and O–H groups in total. The van der Waals surface area contributed by atoms with E-state index in [1.807, 2.05) is 6.07 Å². The van der Waals surface area contributed by atoms with Crippen LogP contribution in [0.5, 0.6) is 0 Å². The van der Waals surface area contributed by atoms with Gasteiger partial charge < -0.3 is 15.5 Å². The first-order chi connectivity index (χ1) is 12.7. The van der Waals surface area contributed by atoms with Gasteiger partial charge in [0.15, 0.2) is 0 Å². The van der Waals surface area contributed by atoms with Crippen LogP contribution in [-0.4, -0.2) is 36.0 Å². The lowest BCUT2D eigenvalue weighted by molar-refractivity contribution is -0.122. The first-order valence-electron chi connectivity index (χ1n) is 9.62. The lowest BCUT2D eigenvalue weighted by atomic mass is 9.82. The molecular weight excluding hydrogens is 322 g/mol. The summed E-state index contributed by atoms with van der Waals surface area (Å²) in [6, 6.07) is 19.0. The van der Waals surface area contributed by atoms with Gasteiger partial charge in [-0.3, -0.25) is 4.79 Å². The fourth-order valence-corrected chi connectivity index (χ4v) is 4.13. The molecule has 4 rings (SSSR count). The Morgan fingerprint density at radius 3 is 2.50 bits per heavy atom. The molecule has 1 fully saturated rings. The van der Waals surface area contributed by atoms with Crippen LogP contribution in [0, 0.1) is 0 Å². The first-order valence-corrected chi connectivity index (χ1v) is 9.62. The van der Waals surface area contributed by atoms with E-state index in [9.17, 15) is 4.79 Å². The fraction of sp³-hybridized carbons (Fsp3) is 0.409. The Morgan fingerprint density at radius 2 is 1.69 bits per heavy atom. The standard InChI is InChI=1S/C22H27N3O/c26-21-16-22(24-20-9-5-4-8-19(20)17-23-21)11-14-25(15-12-22)13-10-18-6-2-1-3-7-18/h1-9,24H,10-17H2,(H,23,26). The van der Waals surface area contributed by atoms with E-state index in [0.717, 1.165) is 38.9 Å². The highest BCUT2D eigenvalue weighted by molar-refractivity contribution is 5.79. The number of rotatable bonds is 3. The zero-order valence-electron chi connectivity index (χ0n) is 15.2. The van der Waals surface area contributed by atoms with Gasteiger partial charge in [0.05, 0.1) is 0 Å². The van der Waals surface area contributed by atoms with Gasteiger partial charge in [-0.25, -0.2) is 0 Å². The zero-order valence-corrected chi connectivity index (χ0v) is 15.2. The second kappa shape index (κ2) is 7.50. The number of carbonyl (C=O) groups excluding carboxylic acids is 1. The van der Waals surface area contributed by atoms with Crippen LogP contribution in [-0.2, 0) is 17.8 Å². The molecule has 1 spiro atoms. The van der Waals surface area contributed by atoms with E-state index in [4.69, 9.17) is 0 Å². The van der Waals surface area contributed by atoms with E-state index in [1.54, 1.807) is 0 Å². The minimum Gasteiger partial charge on any atom is -0.379 e. The summed E-state index contributed by atoms with van der Waals surface area (Å²) in [7, 11) is 0. The van der Waals surface area contributed by atoms with Crippen molar-refractivity contribution in [3.05, 3.63) is 65.7 Å². The Hall–Kier alpha value is -2.33. The number of para-hydroxylation sites is 1. The number of hydrogen-bond donors (Lipinski definition) is 2.